The Bertz CT molecular complexity index is 740. The molecule has 0 radical (unpaired) electrons. The van der Waals surface area contributed by atoms with Crippen LogP contribution in [0.1, 0.15) is 127 Å². The van der Waals surface area contributed by atoms with E-state index in [0.717, 1.165) is 51.4 Å². The standard InChI is InChI=1S/C32H50O2S/c1-5-9-13-17-25-21-29(33)22-26(18-14-10-6-2)31(25)35-32-27(19-15-11-7-3)23-30(34)24-28(32)20-16-12-8-4/h21-24,33-34H,5-20H2,1-4H3. The summed E-state index contributed by atoms with van der Waals surface area (Å²) in [6.45, 7) is 8.98. The molecule has 2 N–H and O–H groups in total. The van der Waals surface area contributed by atoms with Crippen LogP contribution in [0.5, 0.6) is 11.5 Å². The van der Waals surface area contributed by atoms with Crippen LogP contribution in [0.3, 0.4) is 0 Å². The van der Waals surface area contributed by atoms with Gasteiger partial charge in [0.15, 0.2) is 0 Å². The zero-order valence-electron chi connectivity index (χ0n) is 22.9. The molecule has 0 aromatic heterocycles. The summed E-state index contributed by atoms with van der Waals surface area (Å²) in [6, 6.07) is 8.04. The number of phenols is 2. The summed E-state index contributed by atoms with van der Waals surface area (Å²) < 4.78 is 0. The van der Waals surface area contributed by atoms with E-state index in [-0.39, 0.29) is 0 Å². The highest BCUT2D eigenvalue weighted by atomic mass is 32.2. The fraction of sp³-hybridized carbons (Fsp3) is 0.625. The van der Waals surface area contributed by atoms with Gasteiger partial charge in [0.05, 0.1) is 0 Å². The fourth-order valence-electron chi connectivity index (χ4n) is 4.84. The van der Waals surface area contributed by atoms with Gasteiger partial charge < -0.3 is 10.2 Å². The lowest BCUT2D eigenvalue weighted by Gasteiger charge is -2.20. The molecule has 196 valence electrons. The van der Waals surface area contributed by atoms with E-state index in [1.54, 1.807) is 0 Å². The molecule has 0 amide bonds. The van der Waals surface area contributed by atoms with Gasteiger partial charge >= 0.3 is 0 Å². The van der Waals surface area contributed by atoms with Gasteiger partial charge in [-0.3, -0.25) is 0 Å². The van der Waals surface area contributed by atoms with Gasteiger partial charge in [0, 0.05) is 9.79 Å². The molecule has 0 aliphatic heterocycles. The van der Waals surface area contributed by atoms with E-state index in [1.807, 2.05) is 36.0 Å². The van der Waals surface area contributed by atoms with Crippen LogP contribution in [-0.4, -0.2) is 10.2 Å². The van der Waals surface area contributed by atoms with Gasteiger partial charge in [-0.1, -0.05) is 90.8 Å². The molecule has 0 unspecified atom stereocenters. The summed E-state index contributed by atoms with van der Waals surface area (Å²) in [4.78, 5) is 2.71. The monoisotopic (exact) mass is 498 g/mol. The van der Waals surface area contributed by atoms with E-state index < -0.39 is 0 Å². The molecule has 0 bridgehead atoms. The molecule has 3 heteroatoms. The maximum Gasteiger partial charge on any atom is 0.116 e. The van der Waals surface area contributed by atoms with Crippen LogP contribution >= 0.6 is 11.8 Å². The lowest BCUT2D eigenvalue weighted by atomic mass is 10.00. The van der Waals surface area contributed by atoms with Gasteiger partial charge in [-0.25, -0.2) is 0 Å². The molecule has 0 spiro atoms. The molecule has 2 aromatic carbocycles. The normalized spacial score (nSPS) is 11.3. The van der Waals surface area contributed by atoms with Crippen molar-refractivity contribution in [2.24, 2.45) is 0 Å². The number of unbranched alkanes of at least 4 members (excludes halogenated alkanes) is 8. The van der Waals surface area contributed by atoms with Crippen LogP contribution in [0.4, 0.5) is 0 Å². The number of hydrogen-bond donors (Lipinski definition) is 2. The Morgan fingerprint density at radius 2 is 0.714 bits per heavy atom. The number of rotatable bonds is 18. The molecule has 0 saturated heterocycles. The molecular formula is C32H50O2S. The van der Waals surface area contributed by atoms with Crippen molar-refractivity contribution in [1.82, 2.24) is 0 Å². The summed E-state index contributed by atoms with van der Waals surface area (Å²) in [5.74, 6) is 0.814. The van der Waals surface area contributed by atoms with Gasteiger partial charge in [-0.05, 0) is 97.9 Å². The van der Waals surface area contributed by atoms with Crippen molar-refractivity contribution in [3.05, 3.63) is 46.5 Å². The first-order chi connectivity index (χ1) is 17.0. The molecule has 0 saturated carbocycles. The van der Waals surface area contributed by atoms with E-state index in [2.05, 4.69) is 27.7 Å². The summed E-state index contributed by atoms with van der Waals surface area (Å²) in [7, 11) is 0. The van der Waals surface area contributed by atoms with Crippen LogP contribution in [0.25, 0.3) is 0 Å². The summed E-state index contributed by atoms with van der Waals surface area (Å²) >= 11 is 1.92. The van der Waals surface area contributed by atoms with Gasteiger partial charge in [-0.2, -0.15) is 0 Å². The number of aromatic hydroxyl groups is 2. The number of benzene rings is 2. The van der Waals surface area contributed by atoms with E-state index in [4.69, 9.17) is 0 Å². The number of hydrogen-bond acceptors (Lipinski definition) is 3. The van der Waals surface area contributed by atoms with Crippen molar-refractivity contribution in [3.8, 4) is 11.5 Å². The van der Waals surface area contributed by atoms with Crippen LogP contribution in [0.15, 0.2) is 34.1 Å². The van der Waals surface area contributed by atoms with Crippen LogP contribution in [0, 0.1) is 0 Å². The average Bonchev–Trinajstić information content (AvgIpc) is 2.83. The van der Waals surface area contributed by atoms with E-state index in [1.165, 1.54) is 83.4 Å². The molecule has 0 aliphatic rings. The van der Waals surface area contributed by atoms with Crippen LogP contribution in [0.2, 0.25) is 0 Å². The Hall–Kier alpha value is -1.61. The summed E-state index contributed by atoms with van der Waals surface area (Å²) in [5.41, 5.74) is 5.17. The lowest BCUT2D eigenvalue weighted by molar-refractivity contribution is 0.472. The Labute approximate surface area is 219 Å². The molecule has 35 heavy (non-hydrogen) atoms. The molecule has 0 atom stereocenters. The van der Waals surface area contributed by atoms with Crippen molar-refractivity contribution < 1.29 is 10.2 Å². The third-order valence-corrected chi connectivity index (χ3v) is 8.31. The van der Waals surface area contributed by atoms with E-state index in [0.29, 0.717) is 11.5 Å². The molecule has 0 fully saturated rings. The van der Waals surface area contributed by atoms with Crippen molar-refractivity contribution in [2.75, 3.05) is 0 Å². The predicted molar refractivity (Wildman–Crippen MR) is 153 cm³/mol. The Balaban J connectivity index is 2.53. The zero-order valence-corrected chi connectivity index (χ0v) is 23.7. The van der Waals surface area contributed by atoms with Gasteiger partial charge in [-0.15, -0.1) is 0 Å². The minimum atomic E-state index is 0.407. The third kappa shape index (κ3) is 10.1. The van der Waals surface area contributed by atoms with Crippen LogP contribution in [-0.2, 0) is 25.7 Å². The Morgan fingerprint density at radius 3 is 0.943 bits per heavy atom. The van der Waals surface area contributed by atoms with Crippen LogP contribution < -0.4 is 0 Å². The smallest absolute Gasteiger partial charge is 0.116 e. The van der Waals surface area contributed by atoms with E-state index in [9.17, 15) is 10.2 Å². The SMILES string of the molecule is CCCCCc1cc(O)cc(CCCCC)c1Sc1c(CCCCC)cc(O)cc1CCCCC. The zero-order chi connectivity index (χ0) is 25.5. The Kier molecular flexibility index (Phi) is 14.3. The first-order valence-corrected chi connectivity index (χ1v) is 15.2. The van der Waals surface area contributed by atoms with Crippen molar-refractivity contribution in [2.45, 2.75) is 140 Å². The summed E-state index contributed by atoms with van der Waals surface area (Å²) in [6.07, 6.45) is 18.4. The first-order valence-electron chi connectivity index (χ1n) is 14.4. The fourth-order valence-corrected chi connectivity index (χ4v) is 6.21. The number of aryl methyl sites for hydroxylation is 4. The average molecular weight is 499 g/mol. The Morgan fingerprint density at radius 1 is 0.457 bits per heavy atom. The largest absolute Gasteiger partial charge is 0.508 e. The number of phenolic OH excluding ortho intramolecular Hbond substituents is 2. The molecule has 2 rings (SSSR count). The second-order valence-corrected chi connectivity index (χ2v) is 11.1. The van der Waals surface area contributed by atoms with Crippen molar-refractivity contribution >= 4 is 11.8 Å². The quantitative estimate of drug-likeness (QED) is 0.201. The minimum absolute atomic E-state index is 0.407. The van der Waals surface area contributed by atoms with Gasteiger partial charge in [0.2, 0.25) is 0 Å². The topological polar surface area (TPSA) is 40.5 Å². The molecular weight excluding hydrogens is 448 g/mol. The van der Waals surface area contributed by atoms with E-state index >= 15 is 0 Å². The van der Waals surface area contributed by atoms with Crippen molar-refractivity contribution in [3.63, 3.8) is 0 Å². The van der Waals surface area contributed by atoms with Gasteiger partial charge in [0.25, 0.3) is 0 Å². The second-order valence-electron chi connectivity index (χ2n) is 10.1. The molecule has 0 heterocycles. The highest BCUT2D eigenvalue weighted by molar-refractivity contribution is 7.99. The highest BCUT2D eigenvalue weighted by Crippen LogP contribution is 2.42. The molecule has 0 aliphatic carbocycles. The summed E-state index contributed by atoms with van der Waals surface area (Å²) in [5, 5.41) is 21.2. The maximum absolute atomic E-state index is 10.6. The third-order valence-electron chi connectivity index (χ3n) is 6.86. The minimum Gasteiger partial charge on any atom is -0.508 e. The maximum atomic E-state index is 10.6. The molecule has 2 aromatic rings. The molecule has 2 nitrogen and oxygen atoms in total. The second kappa shape index (κ2) is 17.0. The lowest BCUT2D eigenvalue weighted by Crippen LogP contribution is -2.01. The van der Waals surface area contributed by atoms with Crippen molar-refractivity contribution in [1.29, 1.82) is 0 Å². The van der Waals surface area contributed by atoms with Gasteiger partial charge in [0.1, 0.15) is 11.5 Å². The highest BCUT2D eigenvalue weighted by Gasteiger charge is 2.18. The first kappa shape index (κ1) is 29.6. The predicted octanol–water partition coefficient (Wildman–Crippen LogP) is 10.2.